The van der Waals surface area contributed by atoms with E-state index in [2.05, 4.69) is 15.5 Å². The first-order valence-electron chi connectivity index (χ1n) is 9.94. The fraction of sp³-hybridized carbons (Fsp3) is 0.273. The number of amides is 2. The maximum Gasteiger partial charge on any atom is 0.255 e. The maximum atomic E-state index is 12.5. The van der Waals surface area contributed by atoms with Gasteiger partial charge in [0.2, 0.25) is 5.91 Å². The van der Waals surface area contributed by atoms with Gasteiger partial charge in [-0.2, -0.15) is 0 Å². The normalized spacial score (nSPS) is 10.6. The molecular formula is C22H25N5O4S. The van der Waals surface area contributed by atoms with Crippen molar-refractivity contribution < 1.29 is 19.1 Å². The molecule has 0 bridgehead atoms. The van der Waals surface area contributed by atoms with E-state index in [-0.39, 0.29) is 18.3 Å². The maximum absolute atomic E-state index is 12.5. The van der Waals surface area contributed by atoms with E-state index in [9.17, 15) is 9.59 Å². The number of nitrogens with one attached hydrogen (secondary N) is 1. The van der Waals surface area contributed by atoms with Gasteiger partial charge in [-0.1, -0.05) is 36.0 Å². The molecule has 0 atom stereocenters. The SMILES string of the molecule is CCn1c(SCC(=O)Nc2ccc(OC)c(OCC(N)=O)c2)nnc1-c1ccccc1C. The minimum Gasteiger partial charge on any atom is -0.493 e. The van der Waals surface area contributed by atoms with Crippen LogP contribution in [-0.2, 0) is 16.1 Å². The van der Waals surface area contributed by atoms with Crippen LogP contribution in [0.4, 0.5) is 5.69 Å². The second-order valence-corrected chi connectivity index (χ2v) is 7.77. The van der Waals surface area contributed by atoms with Crippen molar-refractivity contribution in [3.8, 4) is 22.9 Å². The van der Waals surface area contributed by atoms with Crippen LogP contribution < -0.4 is 20.5 Å². The van der Waals surface area contributed by atoms with Gasteiger partial charge in [0.25, 0.3) is 5.91 Å². The van der Waals surface area contributed by atoms with E-state index in [0.717, 1.165) is 17.0 Å². The number of rotatable bonds is 10. The number of anilines is 1. The van der Waals surface area contributed by atoms with Crippen molar-refractivity contribution in [2.75, 3.05) is 24.8 Å². The summed E-state index contributed by atoms with van der Waals surface area (Å²) in [7, 11) is 1.48. The van der Waals surface area contributed by atoms with Gasteiger partial charge in [0.15, 0.2) is 29.1 Å². The van der Waals surface area contributed by atoms with Crippen molar-refractivity contribution in [2.45, 2.75) is 25.5 Å². The Bertz CT molecular complexity index is 1120. The van der Waals surface area contributed by atoms with Gasteiger partial charge in [0.05, 0.1) is 12.9 Å². The minimum absolute atomic E-state index is 0.148. The van der Waals surface area contributed by atoms with Gasteiger partial charge in [0.1, 0.15) is 0 Å². The van der Waals surface area contributed by atoms with Crippen LogP contribution in [0, 0.1) is 6.92 Å². The first-order chi connectivity index (χ1) is 15.4. The summed E-state index contributed by atoms with van der Waals surface area (Å²) in [5.74, 6) is 0.839. The topological polar surface area (TPSA) is 121 Å². The summed E-state index contributed by atoms with van der Waals surface area (Å²) in [5.41, 5.74) is 7.76. The molecule has 3 rings (SSSR count). The van der Waals surface area contributed by atoms with Crippen LogP contribution >= 0.6 is 11.8 Å². The third-order valence-electron chi connectivity index (χ3n) is 4.57. The number of carbonyl (C=O) groups excluding carboxylic acids is 2. The molecular weight excluding hydrogens is 430 g/mol. The molecule has 2 aromatic carbocycles. The van der Waals surface area contributed by atoms with Crippen LogP contribution in [0.25, 0.3) is 11.4 Å². The molecule has 1 heterocycles. The number of hydrogen-bond donors (Lipinski definition) is 2. The van der Waals surface area contributed by atoms with Gasteiger partial charge in [-0.05, 0) is 31.5 Å². The average Bonchev–Trinajstić information content (AvgIpc) is 3.19. The Labute approximate surface area is 190 Å². The van der Waals surface area contributed by atoms with E-state index in [1.165, 1.54) is 18.9 Å². The zero-order valence-corrected chi connectivity index (χ0v) is 18.9. The molecule has 0 radical (unpaired) electrons. The van der Waals surface area contributed by atoms with Crippen LogP contribution in [0.5, 0.6) is 11.5 Å². The third kappa shape index (κ3) is 5.58. The van der Waals surface area contributed by atoms with Crippen molar-refractivity contribution in [1.82, 2.24) is 14.8 Å². The zero-order chi connectivity index (χ0) is 23.1. The molecule has 9 nitrogen and oxygen atoms in total. The van der Waals surface area contributed by atoms with E-state index in [4.69, 9.17) is 15.2 Å². The number of thioether (sulfide) groups is 1. The van der Waals surface area contributed by atoms with Crippen molar-refractivity contribution in [2.24, 2.45) is 5.73 Å². The highest BCUT2D eigenvalue weighted by molar-refractivity contribution is 7.99. The predicted octanol–water partition coefficient (Wildman–Crippen LogP) is 2.88. The Morgan fingerprint density at radius 2 is 1.94 bits per heavy atom. The van der Waals surface area contributed by atoms with E-state index >= 15 is 0 Å². The highest BCUT2D eigenvalue weighted by Gasteiger charge is 2.16. The minimum atomic E-state index is -0.608. The van der Waals surface area contributed by atoms with E-state index in [1.807, 2.05) is 42.7 Å². The van der Waals surface area contributed by atoms with Crippen LogP contribution in [0.3, 0.4) is 0 Å². The van der Waals surface area contributed by atoms with Gasteiger partial charge in [-0.25, -0.2) is 0 Å². The Kier molecular flexibility index (Phi) is 7.72. The lowest BCUT2D eigenvalue weighted by Gasteiger charge is -2.12. The average molecular weight is 456 g/mol. The smallest absolute Gasteiger partial charge is 0.255 e. The lowest BCUT2D eigenvalue weighted by atomic mass is 10.1. The first kappa shape index (κ1) is 23.1. The van der Waals surface area contributed by atoms with E-state index in [0.29, 0.717) is 28.9 Å². The fourth-order valence-corrected chi connectivity index (χ4v) is 3.85. The van der Waals surface area contributed by atoms with Crippen LogP contribution in [0.1, 0.15) is 12.5 Å². The molecule has 10 heteroatoms. The molecule has 0 unspecified atom stereocenters. The molecule has 1 aromatic heterocycles. The lowest BCUT2D eigenvalue weighted by Crippen LogP contribution is -2.20. The summed E-state index contributed by atoms with van der Waals surface area (Å²) >= 11 is 1.31. The van der Waals surface area contributed by atoms with E-state index in [1.54, 1.807) is 18.2 Å². The second kappa shape index (κ2) is 10.7. The van der Waals surface area contributed by atoms with Crippen molar-refractivity contribution >= 4 is 29.3 Å². The fourth-order valence-electron chi connectivity index (χ4n) is 3.05. The quantitative estimate of drug-likeness (QED) is 0.451. The lowest BCUT2D eigenvalue weighted by molar-refractivity contribution is -0.120. The summed E-state index contributed by atoms with van der Waals surface area (Å²) in [4.78, 5) is 23.5. The molecule has 3 aromatic rings. The summed E-state index contributed by atoms with van der Waals surface area (Å²) in [6.07, 6.45) is 0. The summed E-state index contributed by atoms with van der Waals surface area (Å²) < 4.78 is 12.5. The molecule has 0 saturated heterocycles. The van der Waals surface area contributed by atoms with Crippen LogP contribution in [0.2, 0.25) is 0 Å². The highest BCUT2D eigenvalue weighted by Crippen LogP contribution is 2.31. The summed E-state index contributed by atoms with van der Waals surface area (Å²) in [5, 5.41) is 12.1. The van der Waals surface area contributed by atoms with Gasteiger partial charge in [-0.15, -0.1) is 10.2 Å². The number of nitrogens with zero attached hydrogens (tertiary/aromatic N) is 3. The standard InChI is InChI=1S/C22H25N5O4S/c1-4-27-21(16-8-6-5-7-14(16)2)25-26-22(27)32-13-20(29)24-15-9-10-17(30-3)18(11-15)31-12-19(23)28/h5-11H,4,12-13H2,1-3H3,(H2,23,28)(H,24,29). The molecule has 0 aliphatic heterocycles. The molecule has 32 heavy (non-hydrogen) atoms. The molecule has 168 valence electrons. The molecule has 0 aliphatic carbocycles. The molecule has 2 amide bonds. The third-order valence-corrected chi connectivity index (χ3v) is 5.54. The number of carbonyl (C=O) groups is 2. The van der Waals surface area contributed by atoms with Crippen molar-refractivity contribution in [1.29, 1.82) is 0 Å². The molecule has 0 spiro atoms. The van der Waals surface area contributed by atoms with Crippen molar-refractivity contribution in [3.63, 3.8) is 0 Å². The first-order valence-corrected chi connectivity index (χ1v) is 10.9. The largest absolute Gasteiger partial charge is 0.493 e. The monoisotopic (exact) mass is 455 g/mol. The highest BCUT2D eigenvalue weighted by atomic mass is 32.2. The molecule has 0 aliphatic rings. The summed E-state index contributed by atoms with van der Waals surface area (Å²) in [6.45, 7) is 4.43. The van der Waals surface area contributed by atoms with Gasteiger partial charge in [-0.3, -0.25) is 9.59 Å². The molecule has 0 fully saturated rings. The van der Waals surface area contributed by atoms with Gasteiger partial charge < -0.3 is 25.1 Å². The van der Waals surface area contributed by atoms with Crippen LogP contribution in [-0.4, -0.2) is 46.0 Å². The number of benzene rings is 2. The number of methoxy groups -OCH3 is 1. The number of primary amides is 1. The van der Waals surface area contributed by atoms with Gasteiger partial charge in [0, 0.05) is 23.9 Å². The van der Waals surface area contributed by atoms with E-state index < -0.39 is 5.91 Å². The Hall–Kier alpha value is -3.53. The number of ether oxygens (including phenoxy) is 2. The Morgan fingerprint density at radius 1 is 1.16 bits per heavy atom. The zero-order valence-electron chi connectivity index (χ0n) is 18.1. The van der Waals surface area contributed by atoms with Gasteiger partial charge >= 0.3 is 0 Å². The van der Waals surface area contributed by atoms with Crippen LogP contribution in [0.15, 0.2) is 47.6 Å². The second-order valence-electron chi connectivity index (χ2n) is 6.82. The Morgan fingerprint density at radius 3 is 2.62 bits per heavy atom. The Balaban J connectivity index is 1.67. The number of hydrogen-bond acceptors (Lipinski definition) is 7. The molecule has 0 saturated carbocycles. The molecule has 3 N–H and O–H groups in total. The number of aryl methyl sites for hydroxylation is 1. The predicted molar refractivity (Wildman–Crippen MR) is 123 cm³/mol. The number of aromatic nitrogens is 3. The number of nitrogens with two attached hydrogens (primary N) is 1. The van der Waals surface area contributed by atoms with Crippen molar-refractivity contribution in [3.05, 3.63) is 48.0 Å². The summed E-state index contributed by atoms with van der Waals surface area (Å²) in [6, 6.07) is 12.9.